The monoisotopic (exact) mass is 250 g/mol. The minimum Gasteiger partial charge on any atom is -0.518 e. The van der Waals surface area contributed by atoms with Gasteiger partial charge >= 0.3 is 5.97 Å². The average molecular weight is 250 g/mol. The molecule has 1 unspecified atom stereocenters. The maximum Gasteiger partial charge on any atom is 0.327 e. The first-order chi connectivity index (χ1) is 6.44. The number of hydrogen-bond donors (Lipinski definition) is 1. The van der Waals surface area contributed by atoms with E-state index in [1.54, 1.807) is 13.8 Å². The second-order valence-corrected chi connectivity index (χ2v) is 10.1. The number of carbonyl (C=O) groups excluding carboxylic acids is 1. The molecule has 0 fully saturated rings. The summed E-state index contributed by atoms with van der Waals surface area (Å²) in [6.45, 7) is 10.5. The second kappa shape index (κ2) is 4.36. The van der Waals surface area contributed by atoms with Gasteiger partial charge in [0.25, 0.3) is 0 Å². The van der Waals surface area contributed by atoms with Crippen molar-refractivity contribution >= 4 is 24.8 Å². The zero-order valence-corrected chi connectivity index (χ0v) is 13.7. The predicted molar refractivity (Wildman–Crippen MR) is 65.2 cm³/mol. The summed E-state index contributed by atoms with van der Waals surface area (Å²) in [4.78, 5) is 11.8. The highest BCUT2D eigenvalue weighted by Crippen LogP contribution is 2.27. The number of carbonyl (C=O) groups is 1. The standard InChI is InChI=1S/C9H22O4Si2/c1-8(2,13-14)9(3,11)7(10)12-15(4,5)6/h11H,1-6,14H3. The molecule has 0 aliphatic rings. The first-order valence-electron chi connectivity index (χ1n) is 4.95. The van der Waals surface area contributed by atoms with E-state index in [1.807, 2.05) is 19.6 Å². The molecule has 0 aromatic rings. The van der Waals surface area contributed by atoms with Crippen molar-refractivity contribution in [2.45, 2.75) is 51.6 Å². The number of rotatable bonds is 4. The third-order valence-electron chi connectivity index (χ3n) is 2.48. The Balaban J connectivity index is 4.82. The Morgan fingerprint density at radius 1 is 1.27 bits per heavy atom. The molecule has 0 bridgehead atoms. The first kappa shape index (κ1) is 14.8. The molecule has 0 saturated heterocycles. The van der Waals surface area contributed by atoms with Crippen molar-refractivity contribution in [2.24, 2.45) is 0 Å². The van der Waals surface area contributed by atoms with E-state index in [-0.39, 0.29) is 0 Å². The lowest BCUT2D eigenvalue weighted by Gasteiger charge is -2.38. The van der Waals surface area contributed by atoms with Gasteiger partial charge in [0.1, 0.15) is 10.5 Å². The van der Waals surface area contributed by atoms with Gasteiger partial charge in [0.05, 0.1) is 5.60 Å². The molecule has 15 heavy (non-hydrogen) atoms. The van der Waals surface area contributed by atoms with Gasteiger partial charge in [-0.1, -0.05) is 0 Å². The molecule has 0 aromatic carbocycles. The Bertz CT molecular complexity index is 243. The summed E-state index contributed by atoms with van der Waals surface area (Å²) in [5, 5.41) is 10.1. The molecule has 0 rings (SSSR count). The molecule has 1 atom stereocenters. The number of aliphatic hydroxyl groups is 1. The third-order valence-corrected chi connectivity index (χ3v) is 4.30. The molecule has 0 aromatic heterocycles. The first-order valence-corrected chi connectivity index (χ1v) is 9.17. The highest BCUT2D eigenvalue weighted by atomic mass is 28.4. The molecule has 0 saturated carbocycles. The highest BCUT2D eigenvalue weighted by molar-refractivity contribution is 6.71. The normalized spacial score (nSPS) is 17.3. The van der Waals surface area contributed by atoms with Gasteiger partial charge in [-0.25, -0.2) is 0 Å². The van der Waals surface area contributed by atoms with Crippen molar-refractivity contribution in [3.05, 3.63) is 0 Å². The SMILES string of the molecule is CC(C)(O[SiH3])C(C)(O)C(=O)O[Si](C)(C)C. The van der Waals surface area contributed by atoms with Gasteiger partial charge in [0.2, 0.25) is 8.32 Å². The Hall–Kier alpha value is -0.176. The van der Waals surface area contributed by atoms with Crippen molar-refractivity contribution in [1.82, 2.24) is 0 Å². The van der Waals surface area contributed by atoms with Crippen molar-refractivity contribution in [1.29, 1.82) is 0 Å². The highest BCUT2D eigenvalue weighted by Gasteiger charge is 2.48. The third kappa shape index (κ3) is 3.71. The van der Waals surface area contributed by atoms with Gasteiger partial charge in [0, 0.05) is 0 Å². The Morgan fingerprint density at radius 3 is 1.93 bits per heavy atom. The quantitative estimate of drug-likeness (QED) is 0.724. The fourth-order valence-electron chi connectivity index (χ4n) is 0.822. The maximum atomic E-state index is 11.8. The Labute approximate surface area is 95.6 Å². The summed E-state index contributed by atoms with van der Waals surface area (Å²) < 4.78 is 10.5. The summed E-state index contributed by atoms with van der Waals surface area (Å²) in [5.41, 5.74) is -2.51. The van der Waals surface area contributed by atoms with Crippen LogP contribution in [0.5, 0.6) is 0 Å². The van der Waals surface area contributed by atoms with Crippen molar-refractivity contribution in [2.75, 3.05) is 0 Å². The molecule has 90 valence electrons. The molecule has 0 heterocycles. The van der Waals surface area contributed by atoms with Crippen LogP contribution in [0.2, 0.25) is 19.6 Å². The van der Waals surface area contributed by atoms with Gasteiger partial charge in [-0.15, -0.1) is 0 Å². The van der Waals surface area contributed by atoms with E-state index in [9.17, 15) is 9.90 Å². The molecule has 0 aliphatic heterocycles. The van der Waals surface area contributed by atoms with Crippen molar-refractivity contribution in [3.8, 4) is 0 Å². The Morgan fingerprint density at radius 2 is 1.67 bits per heavy atom. The van der Waals surface area contributed by atoms with Crippen LogP contribution in [0.1, 0.15) is 20.8 Å². The minimum atomic E-state index is -1.98. The molecule has 4 nitrogen and oxygen atoms in total. The topological polar surface area (TPSA) is 55.8 Å². The molecule has 6 heteroatoms. The van der Waals surface area contributed by atoms with Crippen LogP contribution in [0.25, 0.3) is 0 Å². The van der Waals surface area contributed by atoms with Crippen LogP contribution < -0.4 is 0 Å². The lowest BCUT2D eigenvalue weighted by Crippen LogP contribution is -2.57. The van der Waals surface area contributed by atoms with Crippen LogP contribution in [0, 0.1) is 0 Å². The van der Waals surface area contributed by atoms with Crippen LogP contribution in [0.15, 0.2) is 0 Å². The molecule has 0 spiro atoms. The molecule has 0 amide bonds. The smallest absolute Gasteiger partial charge is 0.327 e. The van der Waals surface area contributed by atoms with E-state index in [0.717, 1.165) is 0 Å². The van der Waals surface area contributed by atoms with Crippen LogP contribution in [-0.2, 0) is 13.6 Å². The predicted octanol–water partition coefficient (Wildman–Crippen LogP) is 0.191. The Kier molecular flexibility index (Phi) is 4.31. The number of hydrogen-bond acceptors (Lipinski definition) is 4. The van der Waals surface area contributed by atoms with E-state index in [0.29, 0.717) is 10.5 Å². The van der Waals surface area contributed by atoms with E-state index in [4.69, 9.17) is 8.85 Å². The fraction of sp³-hybridized carbons (Fsp3) is 0.889. The van der Waals surface area contributed by atoms with Crippen LogP contribution in [0.3, 0.4) is 0 Å². The zero-order chi connectivity index (χ0) is 12.5. The van der Waals surface area contributed by atoms with E-state index >= 15 is 0 Å². The molecule has 0 radical (unpaired) electrons. The van der Waals surface area contributed by atoms with Crippen LogP contribution in [0.4, 0.5) is 0 Å². The fourth-order valence-corrected chi connectivity index (χ4v) is 1.97. The molecular formula is C9H22O4Si2. The van der Waals surface area contributed by atoms with Gasteiger partial charge in [-0.2, -0.15) is 0 Å². The van der Waals surface area contributed by atoms with Crippen LogP contribution in [-0.4, -0.2) is 41.1 Å². The summed E-state index contributed by atoms with van der Waals surface area (Å²) >= 11 is 0. The summed E-state index contributed by atoms with van der Waals surface area (Å²) in [5.74, 6) is -0.595. The second-order valence-electron chi connectivity index (χ2n) is 5.29. The summed E-state index contributed by atoms with van der Waals surface area (Å²) in [6.07, 6.45) is 0. The van der Waals surface area contributed by atoms with Crippen molar-refractivity contribution in [3.63, 3.8) is 0 Å². The van der Waals surface area contributed by atoms with Gasteiger partial charge < -0.3 is 14.0 Å². The minimum absolute atomic E-state index is 0.459. The van der Waals surface area contributed by atoms with Gasteiger partial charge in [0.15, 0.2) is 5.60 Å². The molecule has 0 aliphatic carbocycles. The van der Waals surface area contributed by atoms with Gasteiger partial charge in [-0.3, -0.25) is 4.79 Å². The summed E-state index contributed by atoms with van der Waals surface area (Å²) in [6, 6.07) is 0. The largest absolute Gasteiger partial charge is 0.518 e. The van der Waals surface area contributed by atoms with E-state index < -0.39 is 25.5 Å². The van der Waals surface area contributed by atoms with Crippen molar-refractivity contribution < 1.29 is 18.8 Å². The lowest BCUT2D eigenvalue weighted by molar-refractivity contribution is -0.174. The van der Waals surface area contributed by atoms with E-state index in [1.165, 1.54) is 6.92 Å². The molecule has 1 N–H and O–H groups in total. The van der Waals surface area contributed by atoms with Gasteiger partial charge in [-0.05, 0) is 40.4 Å². The lowest BCUT2D eigenvalue weighted by atomic mass is 9.88. The zero-order valence-electron chi connectivity index (χ0n) is 10.7. The summed E-state index contributed by atoms with van der Waals surface area (Å²) in [7, 11) is -1.52. The maximum absolute atomic E-state index is 11.8. The van der Waals surface area contributed by atoms with E-state index in [2.05, 4.69) is 0 Å². The average Bonchev–Trinajstić information content (AvgIpc) is 2.00. The molecular weight excluding hydrogens is 228 g/mol. The van der Waals surface area contributed by atoms with Crippen LogP contribution >= 0.6 is 0 Å².